The van der Waals surface area contributed by atoms with E-state index in [4.69, 9.17) is 0 Å². The second-order valence-corrected chi connectivity index (χ2v) is 6.63. The fourth-order valence-electron chi connectivity index (χ4n) is 2.22. The normalized spacial score (nSPS) is 12.0. The van der Waals surface area contributed by atoms with Crippen molar-refractivity contribution in [2.24, 2.45) is 0 Å². The van der Waals surface area contributed by atoms with E-state index in [1.807, 2.05) is 66.7 Å². The maximum Gasteiger partial charge on any atom is 0.131 e. The van der Waals surface area contributed by atoms with E-state index in [2.05, 4.69) is 0 Å². The van der Waals surface area contributed by atoms with E-state index in [1.54, 1.807) is 12.1 Å². The molecule has 104 valence electrons. The van der Waals surface area contributed by atoms with E-state index in [-0.39, 0.29) is 5.75 Å². The molecule has 1 N–H and O–H groups in total. The second-order valence-electron chi connectivity index (χ2n) is 4.82. The molecule has 21 heavy (non-hydrogen) atoms. The molecule has 3 rings (SSSR count). The Kier molecular flexibility index (Phi) is 3.89. The van der Waals surface area contributed by atoms with E-state index >= 15 is 0 Å². The molecule has 0 spiro atoms. The third kappa shape index (κ3) is 3.07. The zero-order valence-electron chi connectivity index (χ0n) is 11.4. The van der Waals surface area contributed by atoms with Gasteiger partial charge in [0, 0.05) is 10.6 Å². The molecule has 0 fully saturated rings. The summed E-state index contributed by atoms with van der Waals surface area (Å²) in [7, 11) is -1.94. The predicted molar refractivity (Wildman–Crippen MR) is 88.3 cm³/mol. The van der Waals surface area contributed by atoms with E-state index in [0.717, 1.165) is 21.7 Å². The number of hydrogen-bond donors (Lipinski definition) is 1. The number of phenols is 1. The van der Waals surface area contributed by atoms with Crippen LogP contribution in [0.5, 0.6) is 5.75 Å². The molecule has 0 aliphatic carbocycles. The Labute approximate surface area is 124 Å². The van der Waals surface area contributed by atoms with Crippen LogP contribution in [0.3, 0.4) is 0 Å². The molecular formula is C18H15O2P. The van der Waals surface area contributed by atoms with Gasteiger partial charge in [0.1, 0.15) is 13.6 Å². The van der Waals surface area contributed by atoms with Crippen molar-refractivity contribution in [1.82, 2.24) is 0 Å². The van der Waals surface area contributed by atoms with Gasteiger partial charge in [0.25, 0.3) is 0 Å². The molecule has 0 heterocycles. The first kappa shape index (κ1) is 13.7. The molecule has 1 atom stereocenters. The SMILES string of the molecule is O=[PH](c1ccccc1)c1ccc(-c2ccc(O)cc2)cc1. The van der Waals surface area contributed by atoms with Gasteiger partial charge in [-0.15, -0.1) is 0 Å². The summed E-state index contributed by atoms with van der Waals surface area (Å²) in [5, 5.41) is 11.0. The average molecular weight is 294 g/mol. The summed E-state index contributed by atoms with van der Waals surface area (Å²) in [6.45, 7) is 0. The first-order valence-corrected chi connectivity index (χ1v) is 8.14. The van der Waals surface area contributed by atoms with Gasteiger partial charge >= 0.3 is 0 Å². The molecule has 3 aromatic carbocycles. The Morgan fingerprint density at radius 1 is 0.619 bits per heavy atom. The van der Waals surface area contributed by atoms with Crippen molar-refractivity contribution in [3.63, 3.8) is 0 Å². The zero-order chi connectivity index (χ0) is 14.7. The number of benzene rings is 3. The third-order valence-corrected chi connectivity index (χ3v) is 5.10. The Hall–Kier alpha value is -2.31. The van der Waals surface area contributed by atoms with Gasteiger partial charge in [0.2, 0.25) is 0 Å². The standard InChI is InChI=1S/C18H15O2P/c19-16-10-6-14(7-11-16)15-8-12-18(13-9-15)21(20)17-4-2-1-3-5-17/h1-13,19,21H. The minimum atomic E-state index is -1.94. The van der Waals surface area contributed by atoms with Gasteiger partial charge in [-0.1, -0.05) is 66.7 Å². The van der Waals surface area contributed by atoms with Gasteiger partial charge in [0.05, 0.1) is 0 Å². The summed E-state index contributed by atoms with van der Waals surface area (Å²) in [5.41, 5.74) is 2.07. The van der Waals surface area contributed by atoms with Crippen LogP contribution in [0.25, 0.3) is 11.1 Å². The van der Waals surface area contributed by atoms with Crippen molar-refractivity contribution < 1.29 is 9.67 Å². The van der Waals surface area contributed by atoms with Crippen molar-refractivity contribution >= 4 is 18.4 Å². The van der Waals surface area contributed by atoms with Crippen LogP contribution in [0, 0.1) is 0 Å². The van der Waals surface area contributed by atoms with Crippen molar-refractivity contribution in [1.29, 1.82) is 0 Å². The van der Waals surface area contributed by atoms with Crippen molar-refractivity contribution in [3.8, 4) is 16.9 Å². The van der Waals surface area contributed by atoms with Gasteiger partial charge < -0.3 is 9.67 Å². The van der Waals surface area contributed by atoms with E-state index < -0.39 is 7.80 Å². The molecule has 0 saturated carbocycles. The number of rotatable bonds is 3. The van der Waals surface area contributed by atoms with E-state index in [9.17, 15) is 9.67 Å². The van der Waals surface area contributed by atoms with Gasteiger partial charge in [-0.3, -0.25) is 0 Å². The fraction of sp³-hybridized carbons (Fsp3) is 0. The molecular weight excluding hydrogens is 279 g/mol. The van der Waals surface area contributed by atoms with Crippen LogP contribution in [-0.2, 0) is 4.57 Å². The molecule has 1 unspecified atom stereocenters. The number of phenolic OH excluding ortho intramolecular Hbond substituents is 1. The van der Waals surface area contributed by atoms with Crippen molar-refractivity contribution in [2.45, 2.75) is 0 Å². The maximum atomic E-state index is 12.5. The average Bonchev–Trinajstić information content (AvgIpc) is 2.56. The van der Waals surface area contributed by atoms with Crippen LogP contribution in [0.1, 0.15) is 0 Å². The second kappa shape index (κ2) is 5.99. The smallest absolute Gasteiger partial charge is 0.131 e. The van der Waals surface area contributed by atoms with Crippen LogP contribution >= 0.6 is 7.80 Å². The highest BCUT2D eigenvalue weighted by molar-refractivity contribution is 7.61. The number of hydrogen-bond acceptors (Lipinski definition) is 2. The predicted octanol–water partition coefficient (Wildman–Crippen LogP) is 3.57. The first-order chi connectivity index (χ1) is 10.2. The lowest BCUT2D eigenvalue weighted by molar-refractivity contribution is 0.475. The highest BCUT2D eigenvalue weighted by Gasteiger charge is 2.06. The van der Waals surface area contributed by atoms with Crippen LogP contribution in [0.4, 0.5) is 0 Å². The molecule has 0 amide bonds. The molecule has 3 aromatic rings. The molecule has 0 aliphatic rings. The Bertz CT molecular complexity index is 747. The molecule has 0 aliphatic heterocycles. The van der Waals surface area contributed by atoms with Gasteiger partial charge in [-0.05, 0) is 23.3 Å². The highest BCUT2D eigenvalue weighted by Crippen LogP contribution is 2.24. The van der Waals surface area contributed by atoms with Gasteiger partial charge in [0.15, 0.2) is 0 Å². The molecule has 0 radical (unpaired) electrons. The van der Waals surface area contributed by atoms with Gasteiger partial charge in [-0.2, -0.15) is 0 Å². The lowest BCUT2D eigenvalue weighted by Crippen LogP contribution is -2.05. The first-order valence-electron chi connectivity index (χ1n) is 6.73. The zero-order valence-corrected chi connectivity index (χ0v) is 12.4. The molecule has 0 saturated heterocycles. The molecule has 0 aromatic heterocycles. The molecule has 0 bridgehead atoms. The lowest BCUT2D eigenvalue weighted by Gasteiger charge is -2.05. The van der Waals surface area contributed by atoms with Crippen molar-refractivity contribution in [3.05, 3.63) is 78.9 Å². The minimum absolute atomic E-state index is 0.254. The fourth-order valence-corrected chi connectivity index (χ4v) is 3.52. The van der Waals surface area contributed by atoms with Gasteiger partial charge in [-0.25, -0.2) is 0 Å². The minimum Gasteiger partial charge on any atom is -0.508 e. The van der Waals surface area contributed by atoms with E-state index in [1.165, 1.54) is 0 Å². The molecule has 3 heteroatoms. The van der Waals surface area contributed by atoms with Crippen LogP contribution in [0.15, 0.2) is 78.9 Å². The largest absolute Gasteiger partial charge is 0.508 e. The molecule has 2 nitrogen and oxygen atoms in total. The Morgan fingerprint density at radius 2 is 1.10 bits per heavy atom. The van der Waals surface area contributed by atoms with E-state index in [0.29, 0.717) is 0 Å². The van der Waals surface area contributed by atoms with Crippen LogP contribution < -0.4 is 10.6 Å². The Morgan fingerprint density at radius 3 is 1.67 bits per heavy atom. The third-order valence-electron chi connectivity index (χ3n) is 3.38. The lowest BCUT2D eigenvalue weighted by atomic mass is 10.1. The maximum absolute atomic E-state index is 12.5. The summed E-state index contributed by atoms with van der Waals surface area (Å²) < 4.78 is 12.5. The monoisotopic (exact) mass is 294 g/mol. The van der Waals surface area contributed by atoms with Crippen LogP contribution in [-0.4, -0.2) is 5.11 Å². The number of aromatic hydroxyl groups is 1. The van der Waals surface area contributed by atoms with Crippen molar-refractivity contribution in [2.75, 3.05) is 0 Å². The summed E-state index contributed by atoms with van der Waals surface area (Å²) in [4.78, 5) is 0. The summed E-state index contributed by atoms with van der Waals surface area (Å²) in [5.74, 6) is 0.254. The Balaban J connectivity index is 1.87. The summed E-state index contributed by atoms with van der Waals surface area (Å²) in [6, 6.07) is 24.3. The topological polar surface area (TPSA) is 37.3 Å². The van der Waals surface area contributed by atoms with Crippen LogP contribution in [0.2, 0.25) is 0 Å². The quantitative estimate of drug-likeness (QED) is 0.750. The summed E-state index contributed by atoms with van der Waals surface area (Å²) >= 11 is 0. The summed E-state index contributed by atoms with van der Waals surface area (Å²) in [6.07, 6.45) is 0. The highest BCUT2D eigenvalue weighted by atomic mass is 31.1.